The number of imidazole rings is 1. The summed E-state index contributed by atoms with van der Waals surface area (Å²) in [4.78, 5) is 32.0. The van der Waals surface area contributed by atoms with Gasteiger partial charge in [-0.2, -0.15) is 5.26 Å². The van der Waals surface area contributed by atoms with E-state index in [4.69, 9.17) is 0 Å². The van der Waals surface area contributed by atoms with Gasteiger partial charge < -0.3 is 5.32 Å². The molecular weight excluding hydrogens is 438 g/mol. The van der Waals surface area contributed by atoms with E-state index in [1.807, 2.05) is 78.9 Å². The summed E-state index contributed by atoms with van der Waals surface area (Å²) in [5.41, 5.74) is 4.46. The van der Waals surface area contributed by atoms with Gasteiger partial charge in [0.05, 0.1) is 27.5 Å². The van der Waals surface area contributed by atoms with Gasteiger partial charge in [-0.1, -0.05) is 36.4 Å². The normalized spacial score (nSPS) is 11.5. The number of nitriles is 1. The van der Waals surface area contributed by atoms with Crippen LogP contribution in [0.25, 0.3) is 22.9 Å². The van der Waals surface area contributed by atoms with Gasteiger partial charge in [-0.25, -0.2) is 4.98 Å². The summed E-state index contributed by atoms with van der Waals surface area (Å²) in [5.74, 6) is -0.119. The lowest BCUT2D eigenvalue weighted by molar-refractivity contribution is -0.115. The Hall–Kier alpha value is -4.96. The quantitative estimate of drug-likeness (QED) is 0.433. The molecule has 5 aromatic rings. The Labute approximate surface area is 201 Å². The highest BCUT2D eigenvalue weighted by Crippen LogP contribution is 2.27. The van der Waals surface area contributed by atoms with Gasteiger partial charge in [-0.3, -0.25) is 18.9 Å². The molecule has 1 amide bonds. The zero-order valence-electron chi connectivity index (χ0n) is 19.2. The first kappa shape index (κ1) is 21.9. The van der Waals surface area contributed by atoms with Crippen LogP contribution in [-0.4, -0.2) is 15.3 Å². The summed E-state index contributed by atoms with van der Waals surface area (Å²) < 4.78 is 1.48. The van der Waals surface area contributed by atoms with Crippen molar-refractivity contribution < 1.29 is 4.79 Å². The Morgan fingerprint density at radius 3 is 2.49 bits per heavy atom. The Morgan fingerprint density at radius 2 is 1.74 bits per heavy atom. The summed E-state index contributed by atoms with van der Waals surface area (Å²) in [7, 11) is 0. The van der Waals surface area contributed by atoms with Crippen LogP contribution in [0.15, 0.2) is 83.7 Å². The van der Waals surface area contributed by atoms with Gasteiger partial charge in [0.1, 0.15) is 6.07 Å². The highest BCUT2D eigenvalue weighted by atomic mass is 16.2. The van der Waals surface area contributed by atoms with E-state index in [9.17, 15) is 14.9 Å². The number of hydrogen-bond donors (Lipinski definition) is 1. The fourth-order valence-corrected chi connectivity index (χ4v) is 4.27. The second-order valence-electron chi connectivity index (χ2n) is 8.12. The van der Waals surface area contributed by atoms with Crippen molar-refractivity contribution in [1.29, 1.82) is 5.26 Å². The first-order valence-corrected chi connectivity index (χ1v) is 11.1. The topological polar surface area (TPSA) is 90.5 Å². The number of para-hydroxylation sites is 3. The lowest BCUT2D eigenvalue weighted by atomic mass is 10.1. The first-order chi connectivity index (χ1) is 17.0. The van der Waals surface area contributed by atoms with Gasteiger partial charge in [-0.05, 0) is 55.0 Å². The second-order valence-corrected chi connectivity index (χ2v) is 8.12. The van der Waals surface area contributed by atoms with E-state index in [2.05, 4.69) is 16.4 Å². The monoisotopic (exact) mass is 459 g/mol. The van der Waals surface area contributed by atoms with E-state index in [1.165, 1.54) is 11.3 Å². The van der Waals surface area contributed by atoms with Crippen molar-refractivity contribution in [2.45, 2.75) is 13.8 Å². The zero-order chi connectivity index (χ0) is 24.5. The van der Waals surface area contributed by atoms with Crippen molar-refractivity contribution in [3.63, 3.8) is 0 Å². The molecule has 0 aliphatic carbocycles. The number of carbonyl (C=O) groups excluding carboxylic acids is 1. The van der Waals surface area contributed by atoms with Crippen LogP contribution in [0, 0.1) is 18.3 Å². The Morgan fingerprint density at radius 1 is 1.03 bits per heavy atom. The molecule has 5 rings (SSSR count). The maximum Gasteiger partial charge on any atom is 0.265 e. The van der Waals surface area contributed by atoms with Crippen molar-refractivity contribution in [2.75, 3.05) is 10.2 Å². The Bertz CT molecular complexity index is 1750. The van der Waals surface area contributed by atoms with Crippen LogP contribution < -0.4 is 21.0 Å². The van der Waals surface area contributed by atoms with Crippen molar-refractivity contribution in [3.8, 4) is 6.07 Å². The fraction of sp³-hybridized carbons (Fsp3) is 0.0714. The molecule has 0 fully saturated rings. The molecule has 7 nitrogen and oxygen atoms in total. The molecule has 0 saturated carbocycles. The molecule has 170 valence electrons. The summed E-state index contributed by atoms with van der Waals surface area (Å²) in [6, 6.07) is 26.3. The third-order valence-corrected chi connectivity index (χ3v) is 5.93. The van der Waals surface area contributed by atoms with E-state index in [0.29, 0.717) is 44.4 Å². The van der Waals surface area contributed by atoms with Crippen LogP contribution in [0.5, 0.6) is 0 Å². The number of pyridine rings is 1. The standard InChI is InChI=1S/C28H21N5O2/c1-18-23(16-29)27-31-25-13-6-7-14-26(25)33(27)28(35)24(18)17-30-20-9-8-12-22(15-20)32(19(2)34)21-10-4-3-5-11-21/h3-15,17,30H,1-2H3/b24-17-. The average molecular weight is 460 g/mol. The van der Waals surface area contributed by atoms with E-state index in [1.54, 1.807) is 18.0 Å². The molecule has 0 atom stereocenters. The number of fused-ring (bicyclic) bond motifs is 3. The van der Waals surface area contributed by atoms with E-state index in [-0.39, 0.29) is 11.5 Å². The Kier molecular flexibility index (Phi) is 5.47. The molecule has 7 heteroatoms. The summed E-state index contributed by atoms with van der Waals surface area (Å²) in [6.45, 7) is 3.26. The molecule has 0 radical (unpaired) electrons. The smallest absolute Gasteiger partial charge is 0.265 e. The number of hydrogen-bond acceptors (Lipinski definition) is 5. The van der Waals surface area contributed by atoms with Crippen molar-refractivity contribution in [2.24, 2.45) is 0 Å². The molecule has 0 bridgehead atoms. The molecular formula is C28H21N5O2. The van der Waals surface area contributed by atoms with Crippen LogP contribution in [0.4, 0.5) is 17.1 Å². The number of nitrogens with zero attached hydrogens (tertiary/aromatic N) is 4. The number of nitrogens with one attached hydrogen (secondary N) is 1. The maximum absolute atomic E-state index is 13.5. The first-order valence-electron chi connectivity index (χ1n) is 11.1. The molecule has 35 heavy (non-hydrogen) atoms. The maximum atomic E-state index is 13.5. The van der Waals surface area contributed by atoms with Crippen LogP contribution in [0.1, 0.15) is 18.1 Å². The number of carbonyl (C=O) groups is 1. The second kappa shape index (κ2) is 8.76. The van der Waals surface area contributed by atoms with Crippen molar-refractivity contribution in [1.82, 2.24) is 9.38 Å². The van der Waals surface area contributed by atoms with Crippen LogP contribution in [-0.2, 0) is 4.79 Å². The van der Waals surface area contributed by atoms with E-state index < -0.39 is 0 Å². The summed E-state index contributed by atoms with van der Waals surface area (Å²) >= 11 is 0. The van der Waals surface area contributed by atoms with E-state index >= 15 is 0 Å². The molecule has 2 aromatic heterocycles. The minimum atomic E-state index is -0.261. The van der Waals surface area contributed by atoms with Gasteiger partial charge in [0.2, 0.25) is 5.91 Å². The minimum absolute atomic E-state index is 0.119. The molecule has 1 N–H and O–H groups in total. The SMILES string of the molecule is CC(=O)N(c1ccccc1)c1cccc(N/C=c2/c(C)c(C#N)c3nc4ccccc4n3c2=O)c1. The third kappa shape index (κ3) is 3.77. The molecule has 0 saturated heterocycles. The number of benzene rings is 3. The number of aromatic nitrogens is 2. The lowest BCUT2D eigenvalue weighted by Crippen LogP contribution is -2.34. The number of rotatable bonds is 4. The van der Waals surface area contributed by atoms with Gasteiger partial charge >= 0.3 is 0 Å². The van der Waals surface area contributed by atoms with Crippen LogP contribution in [0.3, 0.4) is 0 Å². The summed E-state index contributed by atoms with van der Waals surface area (Å²) in [6.07, 6.45) is 1.60. The molecule has 0 spiro atoms. The Balaban J connectivity index is 1.62. The van der Waals surface area contributed by atoms with E-state index in [0.717, 1.165) is 5.69 Å². The molecule has 0 aliphatic rings. The highest BCUT2D eigenvalue weighted by molar-refractivity contribution is 5.99. The largest absolute Gasteiger partial charge is 0.361 e. The van der Waals surface area contributed by atoms with Crippen molar-refractivity contribution >= 4 is 45.8 Å². The fourth-order valence-electron chi connectivity index (χ4n) is 4.27. The summed E-state index contributed by atoms with van der Waals surface area (Å²) in [5, 5.41) is 13.4. The number of amides is 1. The molecule has 0 unspecified atom stereocenters. The predicted molar refractivity (Wildman–Crippen MR) is 137 cm³/mol. The van der Waals surface area contributed by atoms with Gasteiger partial charge in [-0.15, -0.1) is 0 Å². The minimum Gasteiger partial charge on any atom is -0.361 e. The average Bonchev–Trinajstić information content (AvgIpc) is 3.24. The van der Waals surface area contributed by atoms with Gasteiger partial charge in [0.25, 0.3) is 5.56 Å². The zero-order valence-corrected chi connectivity index (χ0v) is 19.2. The molecule has 3 aromatic carbocycles. The highest BCUT2D eigenvalue weighted by Gasteiger charge is 2.16. The van der Waals surface area contributed by atoms with Crippen LogP contribution in [0.2, 0.25) is 0 Å². The van der Waals surface area contributed by atoms with Gasteiger partial charge in [0.15, 0.2) is 5.65 Å². The van der Waals surface area contributed by atoms with Gasteiger partial charge in [0, 0.05) is 24.5 Å². The van der Waals surface area contributed by atoms with Crippen LogP contribution >= 0.6 is 0 Å². The third-order valence-electron chi connectivity index (χ3n) is 5.93. The number of anilines is 3. The van der Waals surface area contributed by atoms with Crippen molar-refractivity contribution in [3.05, 3.63) is 106 Å². The molecule has 0 aliphatic heterocycles. The predicted octanol–water partition coefficient (Wildman–Crippen LogP) is 4.28. The molecule has 2 heterocycles. The lowest BCUT2D eigenvalue weighted by Gasteiger charge is -2.22.